The van der Waals surface area contributed by atoms with Crippen LogP contribution in [0.2, 0.25) is 5.02 Å². The molecule has 0 spiro atoms. The highest BCUT2D eigenvalue weighted by Crippen LogP contribution is 2.13. The molecule has 0 amide bonds. The molecule has 1 aromatic rings. The van der Waals surface area contributed by atoms with Crippen LogP contribution in [0.1, 0.15) is 13.3 Å². The molecule has 1 N–H and O–H groups in total. The van der Waals surface area contributed by atoms with Crippen molar-refractivity contribution in [3.8, 4) is 0 Å². The molecule has 0 atom stereocenters. The van der Waals surface area contributed by atoms with E-state index in [0.717, 1.165) is 5.69 Å². The average Bonchev–Trinajstić information content (AvgIpc) is 2.21. The van der Waals surface area contributed by atoms with E-state index in [0.29, 0.717) is 16.6 Å². The van der Waals surface area contributed by atoms with Crippen LogP contribution >= 0.6 is 23.8 Å². The Morgan fingerprint density at radius 2 is 2.06 bits per heavy atom. The molecule has 3 nitrogen and oxygen atoms in total. The smallest absolute Gasteiger partial charge is 0.312 e. The zero-order valence-corrected chi connectivity index (χ0v) is 10.4. The fraction of sp³-hybridized carbons (Fsp3) is 0.273. The van der Waals surface area contributed by atoms with Crippen molar-refractivity contribution >= 4 is 40.5 Å². The van der Waals surface area contributed by atoms with E-state index in [2.05, 4.69) is 5.32 Å². The van der Waals surface area contributed by atoms with Crippen LogP contribution in [0.25, 0.3) is 0 Å². The normalized spacial score (nSPS) is 9.62. The zero-order valence-electron chi connectivity index (χ0n) is 8.83. The summed E-state index contributed by atoms with van der Waals surface area (Å²) in [5, 5.41) is 3.58. The van der Waals surface area contributed by atoms with Crippen LogP contribution in [0.4, 0.5) is 5.69 Å². The minimum Gasteiger partial charge on any atom is -0.466 e. The Hall–Kier alpha value is -1.13. The average molecular weight is 258 g/mol. The summed E-state index contributed by atoms with van der Waals surface area (Å²) in [7, 11) is 0. The van der Waals surface area contributed by atoms with Crippen molar-refractivity contribution in [2.75, 3.05) is 11.9 Å². The Bertz CT molecular complexity index is 378. The molecule has 0 aromatic heterocycles. The van der Waals surface area contributed by atoms with Crippen molar-refractivity contribution in [3.63, 3.8) is 0 Å². The van der Waals surface area contributed by atoms with E-state index in [-0.39, 0.29) is 12.4 Å². The van der Waals surface area contributed by atoms with Gasteiger partial charge >= 0.3 is 5.97 Å². The summed E-state index contributed by atoms with van der Waals surface area (Å²) in [6.45, 7) is 2.12. The van der Waals surface area contributed by atoms with Crippen molar-refractivity contribution in [2.24, 2.45) is 0 Å². The molecule has 0 aliphatic carbocycles. The third kappa shape index (κ3) is 4.59. The van der Waals surface area contributed by atoms with E-state index < -0.39 is 0 Å². The van der Waals surface area contributed by atoms with Gasteiger partial charge in [0.05, 0.1) is 18.0 Å². The molecular weight excluding hydrogens is 246 g/mol. The highest BCUT2D eigenvalue weighted by molar-refractivity contribution is 7.80. The second-order valence-corrected chi connectivity index (χ2v) is 3.97. The summed E-state index contributed by atoms with van der Waals surface area (Å²) in [6, 6.07) is 7.08. The van der Waals surface area contributed by atoms with Crippen molar-refractivity contribution < 1.29 is 9.53 Å². The SMILES string of the molecule is CCOC(=O)CC(=S)Nc1ccc(Cl)cc1. The van der Waals surface area contributed by atoms with Crippen molar-refractivity contribution in [3.05, 3.63) is 29.3 Å². The van der Waals surface area contributed by atoms with E-state index in [1.165, 1.54) is 0 Å². The fourth-order valence-corrected chi connectivity index (χ4v) is 1.44. The van der Waals surface area contributed by atoms with Crippen LogP contribution in [0.3, 0.4) is 0 Å². The minimum absolute atomic E-state index is 0.0891. The number of esters is 1. The van der Waals surface area contributed by atoms with Crippen molar-refractivity contribution in [1.29, 1.82) is 0 Å². The van der Waals surface area contributed by atoms with Gasteiger partial charge in [-0.1, -0.05) is 23.8 Å². The lowest BCUT2D eigenvalue weighted by atomic mass is 10.3. The number of carbonyl (C=O) groups excluding carboxylic acids is 1. The summed E-state index contributed by atoms with van der Waals surface area (Å²) in [5.41, 5.74) is 0.804. The predicted molar refractivity (Wildman–Crippen MR) is 68.9 cm³/mol. The molecule has 1 aromatic carbocycles. The number of ether oxygens (including phenoxy) is 1. The molecule has 1 rings (SSSR count). The minimum atomic E-state index is -0.325. The van der Waals surface area contributed by atoms with Gasteiger partial charge in [0.15, 0.2) is 0 Å². The van der Waals surface area contributed by atoms with Gasteiger partial charge in [-0.3, -0.25) is 4.79 Å². The maximum absolute atomic E-state index is 11.1. The number of hydrogen-bond donors (Lipinski definition) is 1. The summed E-state index contributed by atoms with van der Waals surface area (Å²) in [6.07, 6.45) is 0.0891. The second kappa shape index (κ2) is 6.45. The first-order valence-electron chi connectivity index (χ1n) is 4.83. The molecule has 0 saturated carbocycles. The van der Waals surface area contributed by atoms with Crippen LogP contribution in [-0.4, -0.2) is 17.6 Å². The standard InChI is InChI=1S/C11H12ClNO2S/c1-2-15-11(14)7-10(16)13-9-5-3-8(12)4-6-9/h3-6H,2,7H2,1H3,(H,13,16). The highest BCUT2D eigenvalue weighted by atomic mass is 35.5. The van der Waals surface area contributed by atoms with E-state index >= 15 is 0 Å². The molecule has 0 aliphatic rings. The number of halogens is 1. The van der Waals surface area contributed by atoms with Crippen molar-refractivity contribution in [2.45, 2.75) is 13.3 Å². The van der Waals surface area contributed by atoms with Gasteiger partial charge in [-0.15, -0.1) is 0 Å². The van der Waals surface area contributed by atoms with Crippen molar-refractivity contribution in [1.82, 2.24) is 0 Å². The Labute approximate surface area is 105 Å². The van der Waals surface area contributed by atoms with E-state index in [1.807, 2.05) is 0 Å². The summed E-state index contributed by atoms with van der Waals surface area (Å²) < 4.78 is 4.78. The molecule has 0 radical (unpaired) electrons. The van der Waals surface area contributed by atoms with Gasteiger partial charge in [0.2, 0.25) is 0 Å². The first kappa shape index (κ1) is 12.9. The molecule has 0 heterocycles. The number of benzene rings is 1. The van der Waals surface area contributed by atoms with Crippen LogP contribution in [0.15, 0.2) is 24.3 Å². The van der Waals surface area contributed by atoms with E-state index in [1.54, 1.807) is 31.2 Å². The second-order valence-electron chi connectivity index (χ2n) is 3.04. The molecular formula is C11H12ClNO2S. The number of nitrogens with one attached hydrogen (secondary N) is 1. The lowest BCUT2D eigenvalue weighted by Gasteiger charge is -2.07. The number of anilines is 1. The lowest BCUT2D eigenvalue weighted by molar-refractivity contribution is -0.141. The maximum Gasteiger partial charge on any atom is 0.312 e. The predicted octanol–water partition coefficient (Wildman–Crippen LogP) is 3.03. The first-order valence-corrected chi connectivity index (χ1v) is 5.61. The lowest BCUT2D eigenvalue weighted by Crippen LogP contribution is -2.16. The Morgan fingerprint density at radius 1 is 1.44 bits per heavy atom. The van der Waals surface area contributed by atoms with Crippen LogP contribution in [0.5, 0.6) is 0 Å². The molecule has 0 saturated heterocycles. The molecule has 0 bridgehead atoms. The fourth-order valence-electron chi connectivity index (χ4n) is 1.08. The van der Waals surface area contributed by atoms with Gasteiger partial charge in [0.1, 0.15) is 0 Å². The van der Waals surface area contributed by atoms with Gasteiger partial charge < -0.3 is 10.1 Å². The molecule has 5 heteroatoms. The molecule has 16 heavy (non-hydrogen) atoms. The van der Waals surface area contributed by atoms with Crippen LogP contribution < -0.4 is 5.32 Å². The number of hydrogen-bond acceptors (Lipinski definition) is 3. The number of carbonyl (C=O) groups is 1. The quantitative estimate of drug-likeness (QED) is 0.665. The topological polar surface area (TPSA) is 38.3 Å². The Balaban J connectivity index is 2.45. The van der Waals surface area contributed by atoms with Gasteiger partial charge in [-0.25, -0.2) is 0 Å². The van der Waals surface area contributed by atoms with Crippen LogP contribution in [0, 0.1) is 0 Å². The third-order valence-corrected chi connectivity index (χ3v) is 2.24. The number of thiocarbonyl (C=S) groups is 1. The van der Waals surface area contributed by atoms with E-state index in [4.69, 9.17) is 28.6 Å². The first-order chi connectivity index (χ1) is 7.61. The summed E-state index contributed by atoms with van der Waals surface area (Å²) in [4.78, 5) is 11.6. The van der Waals surface area contributed by atoms with Gasteiger partial charge in [0, 0.05) is 10.7 Å². The molecule has 0 unspecified atom stereocenters. The third-order valence-electron chi connectivity index (χ3n) is 1.74. The Morgan fingerprint density at radius 3 is 2.62 bits per heavy atom. The summed E-state index contributed by atoms with van der Waals surface area (Å²) in [5.74, 6) is -0.325. The maximum atomic E-state index is 11.1. The van der Waals surface area contributed by atoms with Gasteiger partial charge in [-0.05, 0) is 31.2 Å². The monoisotopic (exact) mass is 257 g/mol. The largest absolute Gasteiger partial charge is 0.466 e. The molecule has 0 aliphatic heterocycles. The van der Waals surface area contributed by atoms with Gasteiger partial charge in [0.25, 0.3) is 0 Å². The van der Waals surface area contributed by atoms with E-state index in [9.17, 15) is 4.79 Å². The number of rotatable bonds is 4. The zero-order chi connectivity index (χ0) is 12.0. The highest BCUT2D eigenvalue weighted by Gasteiger charge is 2.06. The Kier molecular flexibility index (Phi) is 5.22. The summed E-state index contributed by atoms with van der Waals surface area (Å²) >= 11 is 10.8. The van der Waals surface area contributed by atoms with Gasteiger partial charge in [-0.2, -0.15) is 0 Å². The van der Waals surface area contributed by atoms with Crippen LogP contribution in [-0.2, 0) is 9.53 Å². The molecule has 86 valence electrons. The molecule has 0 fully saturated rings.